The molecule has 2 aliphatic rings. The van der Waals surface area contributed by atoms with E-state index in [-0.39, 0.29) is 28.8 Å². The lowest BCUT2D eigenvalue weighted by molar-refractivity contribution is 0.0148. The molecule has 2 aliphatic heterocycles. The molecule has 1 atom stereocenters. The number of aryl methyl sites for hydroxylation is 2. The quantitative estimate of drug-likeness (QED) is 0.429. The number of sulfone groups is 1. The van der Waals surface area contributed by atoms with Gasteiger partial charge >= 0.3 is 0 Å². The molecule has 0 aliphatic carbocycles. The lowest BCUT2D eigenvalue weighted by atomic mass is 10.0. The van der Waals surface area contributed by atoms with E-state index in [0.717, 1.165) is 42.5 Å². The zero-order chi connectivity index (χ0) is 27.0. The van der Waals surface area contributed by atoms with Crippen molar-refractivity contribution < 1.29 is 21.9 Å². The zero-order valence-electron chi connectivity index (χ0n) is 21.5. The van der Waals surface area contributed by atoms with Gasteiger partial charge in [-0.1, -0.05) is 6.07 Å². The van der Waals surface area contributed by atoms with Crippen LogP contribution in [0.5, 0.6) is 0 Å². The molecule has 0 unspecified atom stereocenters. The number of aromatic nitrogens is 3. The van der Waals surface area contributed by atoms with E-state index in [1.807, 2.05) is 19.9 Å². The third-order valence-corrected chi connectivity index (χ3v) is 7.94. The second-order valence-electron chi connectivity index (χ2n) is 9.75. The summed E-state index contributed by atoms with van der Waals surface area (Å²) in [7, 11) is -3.63. The van der Waals surface area contributed by atoms with Crippen molar-refractivity contribution in [3.8, 4) is 0 Å². The SMILES string of the molecule is Cc1ncc(Cc2cc(Nc3ccc([C@@H]4CCCCO4)cc3S(C)(=O)=O)c3c(n2)CC(C(F)F)=N3)nc1C. The fourth-order valence-corrected chi connectivity index (χ4v) is 5.59. The first kappa shape index (κ1) is 26.3. The zero-order valence-corrected chi connectivity index (χ0v) is 22.3. The Kier molecular flexibility index (Phi) is 7.23. The van der Waals surface area contributed by atoms with Crippen LogP contribution < -0.4 is 5.32 Å². The summed E-state index contributed by atoms with van der Waals surface area (Å²) in [6.07, 6.45) is 3.01. The van der Waals surface area contributed by atoms with E-state index in [9.17, 15) is 17.2 Å². The topological polar surface area (TPSA) is 106 Å². The summed E-state index contributed by atoms with van der Waals surface area (Å²) in [5.41, 5.74) is 4.85. The van der Waals surface area contributed by atoms with Crippen LogP contribution in [-0.4, -0.2) is 48.4 Å². The molecule has 0 saturated carbocycles. The number of nitrogens with one attached hydrogen (secondary N) is 1. The highest BCUT2D eigenvalue weighted by Gasteiger charge is 2.27. The summed E-state index contributed by atoms with van der Waals surface area (Å²) in [5, 5.41) is 3.17. The lowest BCUT2D eigenvalue weighted by Gasteiger charge is -2.24. The van der Waals surface area contributed by atoms with Gasteiger partial charge in [-0.2, -0.15) is 0 Å². The van der Waals surface area contributed by atoms with E-state index in [1.54, 1.807) is 24.4 Å². The van der Waals surface area contributed by atoms with Crippen molar-refractivity contribution in [1.82, 2.24) is 15.0 Å². The maximum absolute atomic E-state index is 13.5. The minimum atomic E-state index is -3.63. The Balaban J connectivity index is 1.54. The van der Waals surface area contributed by atoms with Crippen molar-refractivity contribution in [3.63, 3.8) is 0 Å². The van der Waals surface area contributed by atoms with E-state index in [1.165, 1.54) is 0 Å². The van der Waals surface area contributed by atoms with E-state index in [0.29, 0.717) is 41.5 Å². The number of halogens is 2. The first-order valence-corrected chi connectivity index (χ1v) is 14.4. The van der Waals surface area contributed by atoms with E-state index in [4.69, 9.17) is 4.74 Å². The fraction of sp³-hybridized carbons (Fsp3) is 0.407. The minimum absolute atomic E-state index is 0.0784. The third kappa shape index (κ3) is 5.58. The number of nitrogens with zero attached hydrogens (tertiary/aromatic N) is 4. The van der Waals surface area contributed by atoms with E-state index >= 15 is 0 Å². The Morgan fingerprint density at radius 2 is 1.89 bits per heavy atom. The summed E-state index contributed by atoms with van der Waals surface area (Å²) in [5.74, 6) is 0. The monoisotopic (exact) mass is 541 g/mol. The predicted molar refractivity (Wildman–Crippen MR) is 141 cm³/mol. The molecule has 1 saturated heterocycles. The highest BCUT2D eigenvalue weighted by atomic mass is 32.2. The summed E-state index contributed by atoms with van der Waals surface area (Å²) in [4.78, 5) is 17.8. The molecule has 0 spiro atoms. The normalized spacial score (nSPS) is 17.4. The molecule has 8 nitrogen and oxygen atoms in total. The molecule has 1 N–H and O–H groups in total. The molecular weight excluding hydrogens is 512 g/mol. The maximum atomic E-state index is 13.5. The summed E-state index contributed by atoms with van der Waals surface area (Å²) in [6, 6.07) is 6.87. The van der Waals surface area contributed by atoms with Crippen molar-refractivity contribution >= 4 is 32.6 Å². The molecule has 0 radical (unpaired) electrons. The van der Waals surface area contributed by atoms with Crippen LogP contribution in [0.3, 0.4) is 0 Å². The molecule has 1 aromatic carbocycles. The third-order valence-electron chi connectivity index (χ3n) is 6.80. The number of hydrogen-bond acceptors (Lipinski definition) is 8. The fourth-order valence-electron chi connectivity index (χ4n) is 4.72. The molecule has 5 rings (SSSR count). The van der Waals surface area contributed by atoms with Crippen molar-refractivity contribution in [3.05, 3.63) is 64.5 Å². The average Bonchev–Trinajstić information content (AvgIpc) is 3.31. The van der Waals surface area contributed by atoms with Gasteiger partial charge in [-0.15, -0.1) is 0 Å². The first-order valence-electron chi connectivity index (χ1n) is 12.5. The average molecular weight is 542 g/mol. The van der Waals surface area contributed by atoms with E-state index in [2.05, 4.69) is 25.3 Å². The Hall–Kier alpha value is -3.31. The Bertz CT molecular complexity index is 1520. The number of benzene rings is 1. The van der Waals surface area contributed by atoms with Gasteiger partial charge in [-0.25, -0.2) is 22.2 Å². The smallest absolute Gasteiger partial charge is 0.277 e. The first-order chi connectivity index (χ1) is 18.1. The van der Waals surface area contributed by atoms with Gasteiger partial charge in [0.1, 0.15) is 5.69 Å². The Morgan fingerprint density at radius 1 is 1.08 bits per heavy atom. The Morgan fingerprint density at radius 3 is 2.58 bits per heavy atom. The second-order valence-corrected chi connectivity index (χ2v) is 11.7. The number of hydrogen-bond donors (Lipinski definition) is 1. The molecular formula is C27H29F2N5O3S. The van der Waals surface area contributed by atoms with Crippen LogP contribution in [-0.2, 0) is 27.4 Å². The van der Waals surface area contributed by atoms with Gasteiger partial charge in [0.15, 0.2) is 9.84 Å². The number of aliphatic imine (C=N–C) groups is 1. The summed E-state index contributed by atoms with van der Waals surface area (Å²) < 4.78 is 58.5. The molecule has 38 heavy (non-hydrogen) atoms. The molecule has 0 amide bonds. The molecule has 200 valence electrons. The van der Waals surface area contributed by atoms with Crippen LogP contribution in [0.2, 0.25) is 0 Å². The number of anilines is 2. The molecule has 1 fully saturated rings. The predicted octanol–water partition coefficient (Wildman–Crippen LogP) is 5.36. The van der Waals surface area contributed by atoms with Gasteiger partial charge in [0, 0.05) is 37.6 Å². The molecule has 2 aromatic heterocycles. The van der Waals surface area contributed by atoms with Gasteiger partial charge in [-0.05, 0) is 56.9 Å². The molecule has 3 aromatic rings. The van der Waals surface area contributed by atoms with Crippen molar-refractivity contribution in [2.45, 2.75) is 63.4 Å². The van der Waals surface area contributed by atoms with Crippen molar-refractivity contribution in [1.29, 1.82) is 0 Å². The Labute approximate surface area is 220 Å². The number of fused-ring (bicyclic) bond motifs is 1. The van der Waals surface area contributed by atoms with Crippen LogP contribution >= 0.6 is 0 Å². The molecule has 11 heteroatoms. The van der Waals surface area contributed by atoms with Crippen molar-refractivity contribution in [2.24, 2.45) is 4.99 Å². The van der Waals surface area contributed by atoms with Gasteiger partial charge in [0.2, 0.25) is 0 Å². The number of alkyl halides is 2. The van der Waals surface area contributed by atoms with Crippen LogP contribution in [0.4, 0.5) is 25.8 Å². The van der Waals surface area contributed by atoms with Gasteiger partial charge in [0.05, 0.1) is 50.9 Å². The minimum Gasteiger partial charge on any atom is -0.374 e. The molecule has 0 bridgehead atoms. The summed E-state index contributed by atoms with van der Waals surface area (Å²) >= 11 is 0. The maximum Gasteiger partial charge on any atom is 0.277 e. The second kappa shape index (κ2) is 10.5. The lowest BCUT2D eigenvalue weighted by Crippen LogP contribution is -2.13. The summed E-state index contributed by atoms with van der Waals surface area (Å²) in [6.45, 7) is 4.38. The number of pyridine rings is 1. The van der Waals surface area contributed by atoms with Gasteiger partial charge < -0.3 is 10.1 Å². The van der Waals surface area contributed by atoms with Gasteiger partial charge in [-0.3, -0.25) is 15.0 Å². The highest BCUT2D eigenvalue weighted by molar-refractivity contribution is 7.90. The van der Waals surface area contributed by atoms with Crippen molar-refractivity contribution in [2.75, 3.05) is 18.2 Å². The molecule has 4 heterocycles. The van der Waals surface area contributed by atoms with Gasteiger partial charge in [0.25, 0.3) is 6.43 Å². The van der Waals surface area contributed by atoms with Crippen LogP contribution in [0, 0.1) is 13.8 Å². The largest absolute Gasteiger partial charge is 0.374 e. The highest BCUT2D eigenvalue weighted by Crippen LogP contribution is 2.39. The standard InChI is InChI=1S/C27H29F2N5O3S/c1-15-16(2)31-19(14-30-15)11-18-12-21(26-22(32-18)13-23(34-26)27(28)29)33-20-8-7-17(10-25(20)38(3,35)36)24-6-4-5-9-37-24/h7-8,10,12,14,24,27H,4-6,9,11,13H2,1-3H3,(H,32,33)/t24-/m0/s1. The number of ether oxygens (including phenoxy) is 1. The van der Waals surface area contributed by atoms with Crippen LogP contribution in [0.15, 0.2) is 40.4 Å². The van der Waals surface area contributed by atoms with E-state index < -0.39 is 16.3 Å². The van der Waals surface area contributed by atoms with Crippen LogP contribution in [0.25, 0.3) is 0 Å². The number of rotatable bonds is 7. The van der Waals surface area contributed by atoms with Crippen LogP contribution in [0.1, 0.15) is 59.4 Å².